The molecule has 1 amide bonds. The predicted octanol–water partition coefficient (Wildman–Crippen LogP) is 2.88. The molecule has 7 heteroatoms. The van der Waals surface area contributed by atoms with Gasteiger partial charge in [0, 0.05) is 23.4 Å². The molecule has 6 nitrogen and oxygen atoms in total. The highest BCUT2D eigenvalue weighted by atomic mass is 79.9. The summed E-state index contributed by atoms with van der Waals surface area (Å²) in [6, 6.07) is 4.22. The number of carboxylic acids is 1. The van der Waals surface area contributed by atoms with Crippen LogP contribution in [0, 0.1) is 0 Å². The molecule has 1 fully saturated rings. The van der Waals surface area contributed by atoms with Crippen molar-refractivity contribution in [2.75, 3.05) is 7.11 Å². The fourth-order valence-electron chi connectivity index (χ4n) is 2.59. The summed E-state index contributed by atoms with van der Waals surface area (Å²) in [6.07, 6.45) is 1.64. The Morgan fingerprint density at radius 3 is 2.54 bits per heavy atom. The average Bonchev–Trinajstić information content (AvgIpc) is 3.37. The zero-order valence-electron chi connectivity index (χ0n) is 13.6. The van der Waals surface area contributed by atoms with E-state index in [1.54, 1.807) is 18.2 Å². The normalized spacial score (nSPS) is 14.8. The maximum atomic E-state index is 12.4. The van der Waals surface area contributed by atoms with Gasteiger partial charge in [0.15, 0.2) is 5.78 Å². The minimum absolute atomic E-state index is 0.0113. The predicted molar refractivity (Wildman–Crippen MR) is 91.2 cm³/mol. The number of carbonyl (C=O) groups is 3. The van der Waals surface area contributed by atoms with Crippen molar-refractivity contribution in [3.05, 3.63) is 28.2 Å². The summed E-state index contributed by atoms with van der Waals surface area (Å²) in [5.74, 6) is -1.08. The van der Waals surface area contributed by atoms with Gasteiger partial charge in [-0.2, -0.15) is 0 Å². The molecule has 1 unspecified atom stereocenters. The van der Waals surface area contributed by atoms with Crippen LogP contribution in [0.4, 0.5) is 0 Å². The second-order valence-corrected chi connectivity index (χ2v) is 6.73. The number of benzene rings is 1. The zero-order chi connectivity index (χ0) is 17.9. The number of hydrogen-bond donors (Lipinski definition) is 1. The Morgan fingerprint density at radius 1 is 1.33 bits per heavy atom. The van der Waals surface area contributed by atoms with Crippen molar-refractivity contribution >= 4 is 33.6 Å². The first kappa shape index (κ1) is 18.4. The molecule has 0 aliphatic heterocycles. The van der Waals surface area contributed by atoms with E-state index in [9.17, 15) is 14.4 Å². The van der Waals surface area contributed by atoms with Gasteiger partial charge in [-0.3, -0.25) is 9.59 Å². The summed E-state index contributed by atoms with van der Waals surface area (Å²) in [5.41, 5.74) is 0.406. The first-order valence-electron chi connectivity index (χ1n) is 7.76. The highest BCUT2D eigenvalue weighted by molar-refractivity contribution is 9.10. The third-order valence-corrected chi connectivity index (χ3v) is 4.52. The van der Waals surface area contributed by atoms with Gasteiger partial charge in [-0.15, -0.1) is 0 Å². The number of carbonyl (C=O) groups excluding carboxylic acids is 2. The molecule has 1 atom stereocenters. The SMILES string of the molecule is COc1ccc(Br)cc1C(=O)CCC(=O)N(C1CC1)C(C)C(=O)O. The molecule has 130 valence electrons. The number of aliphatic carboxylic acids is 1. The third kappa shape index (κ3) is 4.35. The number of Topliss-reactive ketones (excluding diaryl/α,β-unsaturated/α-hetero) is 1. The molecule has 1 saturated carbocycles. The van der Waals surface area contributed by atoms with Gasteiger partial charge < -0.3 is 14.7 Å². The lowest BCUT2D eigenvalue weighted by atomic mass is 10.0. The van der Waals surface area contributed by atoms with E-state index in [4.69, 9.17) is 9.84 Å². The first-order valence-corrected chi connectivity index (χ1v) is 8.55. The molecule has 2 rings (SSSR count). The van der Waals surface area contributed by atoms with E-state index >= 15 is 0 Å². The van der Waals surface area contributed by atoms with Crippen LogP contribution in [-0.2, 0) is 9.59 Å². The standard InChI is InChI=1S/C17H20BrNO5/c1-10(17(22)23)19(12-4-5-12)16(21)8-6-14(20)13-9-11(18)3-7-15(13)24-2/h3,7,9-10,12H,4-6,8H2,1-2H3,(H,22,23). The Kier molecular flexibility index (Phi) is 5.99. The van der Waals surface area contributed by atoms with Gasteiger partial charge in [-0.1, -0.05) is 15.9 Å². The highest BCUT2D eigenvalue weighted by Gasteiger charge is 2.38. The van der Waals surface area contributed by atoms with Gasteiger partial charge in [0.2, 0.25) is 5.91 Å². The highest BCUT2D eigenvalue weighted by Crippen LogP contribution is 2.30. The summed E-state index contributed by atoms with van der Waals surface area (Å²) in [5, 5.41) is 9.15. The maximum Gasteiger partial charge on any atom is 0.326 e. The van der Waals surface area contributed by atoms with Crippen molar-refractivity contribution in [2.24, 2.45) is 0 Å². The average molecular weight is 398 g/mol. The lowest BCUT2D eigenvalue weighted by Crippen LogP contribution is -2.44. The van der Waals surface area contributed by atoms with Gasteiger partial charge >= 0.3 is 5.97 Å². The first-order chi connectivity index (χ1) is 11.3. The Hall–Kier alpha value is -1.89. The summed E-state index contributed by atoms with van der Waals surface area (Å²) >= 11 is 3.31. The van der Waals surface area contributed by atoms with E-state index in [0.717, 1.165) is 17.3 Å². The van der Waals surface area contributed by atoms with Crippen molar-refractivity contribution < 1.29 is 24.2 Å². The molecular formula is C17H20BrNO5. The van der Waals surface area contributed by atoms with Gasteiger partial charge in [0.05, 0.1) is 12.7 Å². The number of ketones is 1. The van der Waals surface area contributed by atoms with E-state index in [-0.39, 0.29) is 30.6 Å². The molecule has 1 aromatic rings. The molecule has 0 radical (unpaired) electrons. The number of carboxylic acid groups (broad SMARTS) is 1. The maximum absolute atomic E-state index is 12.4. The molecule has 0 bridgehead atoms. The lowest BCUT2D eigenvalue weighted by Gasteiger charge is -2.26. The van der Waals surface area contributed by atoms with Crippen molar-refractivity contribution in [1.29, 1.82) is 0 Å². The lowest BCUT2D eigenvalue weighted by molar-refractivity contribution is -0.150. The summed E-state index contributed by atoms with van der Waals surface area (Å²) in [7, 11) is 1.48. The molecule has 1 aromatic carbocycles. The molecular weight excluding hydrogens is 378 g/mol. The number of amides is 1. The third-order valence-electron chi connectivity index (χ3n) is 4.03. The van der Waals surface area contributed by atoms with Crippen LogP contribution in [0.25, 0.3) is 0 Å². The van der Waals surface area contributed by atoms with Crippen LogP contribution in [0.1, 0.15) is 43.0 Å². The van der Waals surface area contributed by atoms with Crippen LogP contribution in [-0.4, -0.2) is 46.9 Å². The van der Waals surface area contributed by atoms with Crippen LogP contribution in [0.3, 0.4) is 0 Å². The number of halogens is 1. The minimum atomic E-state index is -1.03. The van der Waals surface area contributed by atoms with Crippen molar-refractivity contribution in [1.82, 2.24) is 4.90 Å². The second-order valence-electron chi connectivity index (χ2n) is 5.81. The molecule has 0 spiro atoms. The fourth-order valence-corrected chi connectivity index (χ4v) is 2.95. The molecule has 0 saturated heterocycles. The number of nitrogens with zero attached hydrogens (tertiary/aromatic N) is 1. The van der Waals surface area contributed by atoms with Crippen molar-refractivity contribution in [3.8, 4) is 5.75 Å². The number of hydrogen-bond acceptors (Lipinski definition) is 4. The van der Waals surface area contributed by atoms with Crippen LogP contribution in [0.2, 0.25) is 0 Å². The molecule has 0 aromatic heterocycles. The Bertz CT molecular complexity index is 656. The second kappa shape index (κ2) is 7.79. The molecule has 1 aliphatic rings. The van der Waals surface area contributed by atoms with Crippen LogP contribution in [0.5, 0.6) is 5.75 Å². The summed E-state index contributed by atoms with van der Waals surface area (Å²) < 4.78 is 5.93. The van der Waals surface area contributed by atoms with E-state index in [1.165, 1.54) is 18.9 Å². The zero-order valence-corrected chi connectivity index (χ0v) is 15.2. The van der Waals surface area contributed by atoms with Crippen molar-refractivity contribution in [3.63, 3.8) is 0 Å². The van der Waals surface area contributed by atoms with Crippen LogP contribution >= 0.6 is 15.9 Å². The fraction of sp³-hybridized carbons (Fsp3) is 0.471. The van der Waals surface area contributed by atoms with E-state index < -0.39 is 12.0 Å². The Morgan fingerprint density at radius 2 is 2.00 bits per heavy atom. The monoisotopic (exact) mass is 397 g/mol. The molecule has 0 heterocycles. The van der Waals surface area contributed by atoms with Gasteiger partial charge in [0.1, 0.15) is 11.8 Å². The Labute approximate surface area is 148 Å². The minimum Gasteiger partial charge on any atom is -0.496 e. The topological polar surface area (TPSA) is 83.9 Å². The van der Waals surface area contributed by atoms with Gasteiger partial charge in [0.25, 0.3) is 0 Å². The van der Waals surface area contributed by atoms with Crippen LogP contribution in [0.15, 0.2) is 22.7 Å². The van der Waals surface area contributed by atoms with Crippen LogP contribution < -0.4 is 4.74 Å². The smallest absolute Gasteiger partial charge is 0.326 e. The number of methoxy groups -OCH3 is 1. The molecule has 1 aliphatic carbocycles. The largest absolute Gasteiger partial charge is 0.496 e. The number of ether oxygens (including phenoxy) is 1. The Balaban J connectivity index is 2.04. The van der Waals surface area contributed by atoms with Gasteiger partial charge in [-0.25, -0.2) is 4.79 Å². The van der Waals surface area contributed by atoms with Crippen molar-refractivity contribution in [2.45, 2.75) is 44.7 Å². The van der Waals surface area contributed by atoms with E-state index in [0.29, 0.717) is 11.3 Å². The van der Waals surface area contributed by atoms with E-state index in [2.05, 4.69) is 15.9 Å². The summed E-state index contributed by atoms with van der Waals surface area (Å²) in [6.45, 7) is 1.50. The van der Waals surface area contributed by atoms with Gasteiger partial charge in [-0.05, 0) is 38.0 Å². The molecule has 24 heavy (non-hydrogen) atoms. The quantitative estimate of drug-likeness (QED) is 0.681. The van der Waals surface area contributed by atoms with E-state index in [1.807, 2.05) is 0 Å². The number of rotatable bonds is 8. The molecule has 1 N–H and O–H groups in total. The summed E-state index contributed by atoms with van der Waals surface area (Å²) in [4.78, 5) is 37.4.